The maximum atomic E-state index is 12.6. The fourth-order valence-electron chi connectivity index (χ4n) is 2.90. The Morgan fingerprint density at radius 1 is 1.19 bits per heavy atom. The Morgan fingerprint density at radius 2 is 1.81 bits per heavy atom. The van der Waals surface area contributed by atoms with Crippen molar-refractivity contribution >= 4 is 23.6 Å². The number of carbonyl (C=O) groups excluding carboxylic acids is 3. The van der Waals surface area contributed by atoms with Gasteiger partial charge < -0.3 is 19.9 Å². The molecule has 0 atom stereocenters. The third-order valence-corrected chi connectivity index (χ3v) is 4.32. The van der Waals surface area contributed by atoms with Gasteiger partial charge in [-0.2, -0.15) is 0 Å². The first-order chi connectivity index (χ1) is 12.6. The van der Waals surface area contributed by atoms with E-state index >= 15 is 0 Å². The molecule has 0 bridgehead atoms. The van der Waals surface area contributed by atoms with Gasteiger partial charge in [-0.25, -0.2) is 4.79 Å². The van der Waals surface area contributed by atoms with Crippen molar-refractivity contribution in [1.29, 1.82) is 0 Å². The van der Waals surface area contributed by atoms with Crippen molar-refractivity contribution < 1.29 is 19.1 Å². The lowest BCUT2D eigenvalue weighted by atomic mass is 10.1. The third-order valence-electron chi connectivity index (χ3n) is 4.32. The van der Waals surface area contributed by atoms with Gasteiger partial charge in [0.1, 0.15) is 12.1 Å². The summed E-state index contributed by atoms with van der Waals surface area (Å²) in [5.74, 6) is -0.357. The van der Waals surface area contributed by atoms with E-state index in [1.165, 1.54) is 11.9 Å². The van der Waals surface area contributed by atoms with Gasteiger partial charge in [-0.3, -0.25) is 9.59 Å². The number of hydrogen-bond donors (Lipinski definition) is 1. The molecule has 1 aliphatic heterocycles. The third kappa shape index (κ3) is 5.70. The number of anilines is 1. The number of nitrogens with one attached hydrogen (secondary N) is 1. The van der Waals surface area contributed by atoms with Crippen LogP contribution in [0.4, 0.5) is 10.5 Å². The molecule has 2 rings (SSSR count). The summed E-state index contributed by atoms with van der Waals surface area (Å²) >= 11 is 0. The van der Waals surface area contributed by atoms with Gasteiger partial charge in [-0.1, -0.05) is 6.07 Å². The van der Waals surface area contributed by atoms with Gasteiger partial charge in [-0.05, 0) is 58.2 Å². The van der Waals surface area contributed by atoms with Crippen molar-refractivity contribution in [3.63, 3.8) is 0 Å². The molecule has 1 aliphatic rings. The highest BCUT2D eigenvalue weighted by molar-refractivity contribution is 6.00. The number of nitrogens with zero attached hydrogens (tertiary/aromatic N) is 2. The second-order valence-electron chi connectivity index (χ2n) is 7.86. The van der Waals surface area contributed by atoms with Crippen LogP contribution in [-0.4, -0.2) is 60.0 Å². The van der Waals surface area contributed by atoms with Crippen LogP contribution in [0.3, 0.4) is 0 Å². The fourth-order valence-corrected chi connectivity index (χ4v) is 2.90. The molecule has 7 nitrogen and oxygen atoms in total. The zero-order valence-corrected chi connectivity index (χ0v) is 16.8. The van der Waals surface area contributed by atoms with Crippen LogP contribution in [0.1, 0.15) is 49.5 Å². The van der Waals surface area contributed by atoms with Crippen molar-refractivity contribution in [3.8, 4) is 0 Å². The molecule has 1 fully saturated rings. The molecule has 0 radical (unpaired) electrons. The molecule has 1 N–H and O–H groups in total. The quantitative estimate of drug-likeness (QED) is 0.877. The zero-order valence-electron chi connectivity index (χ0n) is 16.8. The monoisotopic (exact) mass is 375 g/mol. The van der Waals surface area contributed by atoms with Gasteiger partial charge in [0, 0.05) is 31.4 Å². The van der Waals surface area contributed by atoms with E-state index in [9.17, 15) is 14.4 Å². The van der Waals surface area contributed by atoms with E-state index < -0.39 is 11.7 Å². The highest BCUT2D eigenvalue weighted by Gasteiger charge is 2.23. The van der Waals surface area contributed by atoms with E-state index in [-0.39, 0.29) is 18.4 Å². The maximum Gasteiger partial charge on any atom is 0.410 e. The molecular weight excluding hydrogens is 346 g/mol. The second kappa shape index (κ2) is 8.41. The van der Waals surface area contributed by atoms with Gasteiger partial charge in [0.15, 0.2) is 0 Å². The summed E-state index contributed by atoms with van der Waals surface area (Å²) in [7, 11) is 1.51. The predicted octanol–water partition coefficient (Wildman–Crippen LogP) is 3.04. The van der Waals surface area contributed by atoms with Crippen LogP contribution in [-0.2, 0) is 9.53 Å². The highest BCUT2D eigenvalue weighted by atomic mass is 16.6. The summed E-state index contributed by atoms with van der Waals surface area (Å²) in [4.78, 5) is 40.0. The summed E-state index contributed by atoms with van der Waals surface area (Å²) in [6.45, 7) is 8.53. The van der Waals surface area contributed by atoms with Crippen molar-refractivity contribution in [3.05, 3.63) is 29.3 Å². The standard InChI is InChI=1S/C20H29N3O4/c1-14-15(18(25)23-11-6-7-12-23)9-8-10-16(14)21-17(24)13-22(5)19(26)27-20(2,3)4/h8-10H,6-7,11-13H2,1-5H3,(H,21,24). The van der Waals surface area contributed by atoms with Crippen LogP contribution in [0.2, 0.25) is 0 Å². The molecule has 0 aromatic heterocycles. The van der Waals surface area contributed by atoms with Crippen LogP contribution in [0.25, 0.3) is 0 Å². The van der Waals surface area contributed by atoms with Crippen molar-refractivity contribution in [1.82, 2.24) is 9.80 Å². The van der Waals surface area contributed by atoms with Gasteiger partial charge in [0.2, 0.25) is 5.91 Å². The van der Waals surface area contributed by atoms with E-state index in [4.69, 9.17) is 4.74 Å². The number of benzene rings is 1. The molecule has 1 aromatic rings. The Balaban J connectivity index is 2.02. The van der Waals surface area contributed by atoms with Crippen LogP contribution >= 0.6 is 0 Å². The Hall–Kier alpha value is -2.57. The van der Waals surface area contributed by atoms with E-state index in [1.807, 2.05) is 11.8 Å². The summed E-state index contributed by atoms with van der Waals surface area (Å²) < 4.78 is 5.24. The second-order valence-corrected chi connectivity index (χ2v) is 7.86. The van der Waals surface area contributed by atoms with Gasteiger partial charge in [0.05, 0.1) is 0 Å². The number of likely N-dealkylation sites (N-methyl/N-ethyl adjacent to an activating group) is 1. The first-order valence-corrected chi connectivity index (χ1v) is 9.21. The highest BCUT2D eigenvalue weighted by Crippen LogP contribution is 2.22. The Kier molecular flexibility index (Phi) is 6.46. The molecule has 148 valence electrons. The first-order valence-electron chi connectivity index (χ1n) is 9.21. The number of ether oxygens (including phenoxy) is 1. The average Bonchev–Trinajstić information content (AvgIpc) is 3.09. The first kappa shape index (κ1) is 20.7. The predicted molar refractivity (Wildman–Crippen MR) is 104 cm³/mol. The molecule has 7 heteroatoms. The minimum absolute atomic E-state index is 0.00743. The molecule has 0 saturated carbocycles. The van der Waals surface area contributed by atoms with Crippen molar-refractivity contribution in [2.45, 2.75) is 46.1 Å². The molecular formula is C20H29N3O4. The topological polar surface area (TPSA) is 79.0 Å². The minimum Gasteiger partial charge on any atom is -0.444 e. The number of carbonyl (C=O) groups is 3. The lowest BCUT2D eigenvalue weighted by Gasteiger charge is -2.24. The van der Waals surface area contributed by atoms with Crippen LogP contribution in [0, 0.1) is 6.92 Å². The van der Waals surface area contributed by atoms with Gasteiger partial charge in [0.25, 0.3) is 5.91 Å². The van der Waals surface area contributed by atoms with Gasteiger partial charge in [-0.15, -0.1) is 0 Å². The molecule has 1 saturated heterocycles. The lowest BCUT2D eigenvalue weighted by Crippen LogP contribution is -2.38. The average molecular weight is 375 g/mol. The smallest absolute Gasteiger partial charge is 0.410 e. The van der Waals surface area contributed by atoms with Crippen molar-refractivity contribution in [2.24, 2.45) is 0 Å². The molecule has 3 amide bonds. The maximum absolute atomic E-state index is 12.6. The molecule has 0 aliphatic carbocycles. The number of rotatable bonds is 4. The molecule has 1 heterocycles. The number of amides is 3. The van der Waals surface area contributed by atoms with Crippen LogP contribution in [0.15, 0.2) is 18.2 Å². The van der Waals surface area contributed by atoms with E-state index in [0.29, 0.717) is 11.3 Å². The lowest BCUT2D eigenvalue weighted by molar-refractivity contribution is -0.117. The van der Waals surface area contributed by atoms with E-state index in [0.717, 1.165) is 31.5 Å². The SMILES string of the molecule is Cc1c(NC(=O)CN(C)C(=O)OC(C)(C)C)cccc1C(=O)N1CCCC1. The fraction of sp³-hybridized carbons (Fsp3) is 0.550. The van der Waals surface area contributed by atoms with E-state index in [1.54, 1.807) is 39.0 Å². The Morgan fingerprint density at radius 3 is 2.41 bits per heavy atom. The Labute approximate surface area is 160 Å². The molecule has 0 spiro atoms. The largest absolute Gasteiger partial charge is 0.444 e. The summed E-state index contributed by atoms with van der Waals surface area (Å²) in [5.41, 5.74) is 1.27. The van der Waals surface area contributed by atoms with Gasteiger partial charge >= 0.3 is 6.09 Å². The molecule has 1 aromatic carbocycles. The molecule has 27 heavy (non-hydrogen) atoms. The Bertz CT molecular complexity index is 718. The summed E-state index contributed by atoms with van der Waals surface area (Å²) in [6.07, 6.45) is 1.49. The van der Waals surface area contributed by atoms with Crippen LogP contribution < -0.4 is 5.32 Å². The number of likely N-dealkylation sites (tertiary alicyclic amines) is 1. The minimum atomic E-state index is -0.622. The van der Waals surface area contributed by atoms with Crippen LogP contribution in [0.5, 0.6) is 0 Å². The molecule has 0 unspecified atom stereocenters. The normalized spacial score (nSPS) is 14.0. The summed E-state index contributed by atoms with van der Waals surface area (Å²) in [6, 6.07) is 5.28. The summed E-state index contributed by atoms with van der Waals surface area (Å²) in [5, 5.41) is 2.79. The number of hydrogen-bond acceptors (Lipinski definition) is 4. The van der Waals surface area contributed by atoms with Crippen molar-refractivity contribution in [2.75, 3.05) is 32.0 Å². The zero-order chi connectivity index (χ0) is 20.2. The van der Waals surface area contributed by atoms with E-state index in [2.05, 4.69) is 5.32 Å².